The fourth-order valence-electron chi connectivity index (χ4n) is 1.76. The van der Waals surface area contributed by atoms with Gasteiger partial charge in [0.25, 0.3) is 0 Å². The number of amides is 2. The van der Waals surface area contributed by atoms with Crippen LogP contribution in [0.3, 0.4) is 0 Å². The summed E-state index contributed by atoms with van der Waals surface area (Å²) in [4.78, 5) is 24.4. The van der Waals surface area contributed by atoms with Crippen LogP contribution in [0.25, 0.3) is 0 Å². The first-order chi connectivity index (χ1) is 9.58. The lowest BCUT2D eigenvalue weighted by atomic mass is 10.2. The standard InChI is InChI=1S/C14H20N2O4/c1-2-12(13(18)19)15-14(20)16(8-9-17)10-11-6-4-3-5-7-11/h3-7,12,17H,2,8-10H2,1H3,(H,15,20)(H,18,19). The van der Waals surface area contributed by atoms with Gasteiger partial charge < -0.3 is 20.4 Å². The normalized spacial score (nSPS) is 11.7. The molecule has 6 nitrogen and oxygen atoms in total. The fraction of sp³-hybridized carbons (Fsp3) is 0.429. The molecule has 1 aromatic rings. The molecule has 0 aromatic heterocycles. The zero-order valence-electron chi connectivity index (χ0n) is 11.5. The third-order valence-corrected chi connectivity index (χ3v) is 2.88. The maximum atomic E-state index is 12.1. The summed E-state index contributed by atoms with van der Waals surface area (Å²) in [7, 11) is 0. The van der Waals surface area contributed by atoms with E-state index >= 15 is 0 Å². The van der Waals surface area contributed by atoms with Crippen LogP contribution in [0.1, 0.15) is 18.9 Å². The molecule has 3 N–H and O–H groups in total. The minimum atomic E-state index is -1.07. The summed E-state index contributed by atoms with van der Waals surface area (Å²) in [6.07, 6.45) is 0.305. The van der Waals surface area contributed by atoms with Crippen LogP contribution in [0.5, 0.6) is 0 Å². The number of carboxylic acids is 1. The Hall–Kier alpha value is -2.08. The average molecular weight is 280 g/mol. The van der Waals surface area contributed by atoms with Gasteiger partial charge in [-0.05, 0) is 12.0 Å². The first-order valence-corrected chi connectivity index (χ1v) is 6.51. The number of urea groups is 1. The van der Waals surface area contributed by atoms with Crippen LogP contribution >= 0.6 is 0 Å². The summed E-state index contributed by atoms with van der Waals surface area (Å²) in [6, 6.07) is 7.92. The second-order valence-corrected chi connectivity index (χ2v) is 4.38. The van der Waals surface area contributed by atoms with Gasteiger partial charge in [-0.25, -0.2) is 9.59 Å². The van der Waals surface area contributed by atoms with E-state index < -0.39 is 18.0 Å². The molecule has 6 heteroatoms. The van der Waals surface area contributed by atoms with E-state index in [9.17, 15) is 9.59 Å². The Bertz CT molecular complexity index is 436. The van der Waals surface area contributed by atoms with Crippen LogP contribution in [0.15, 0.2) is 30.3 Å². The van der Waals surface area contributed by atoms with Crippen LogP contribution in [0.2, 0.25) is 0 Å². The van der Waals surface area contributed by atoms with Gasteiger partial charge in [0.15, 0.2) is 0 Å². The predicted octanol–water partition coefficient (Wildman–Crippen LogP) is 1.05. The van der Waals surface area contributed by atoms with Crippen molar-refractivity contribution in [2.24, 2.45) is 0 Å². The molecule has 20 heavy (non-hydrogen) atoms. The van der Waals surface area contributed by atoms with Crippen molar-refractivity contribution < 1.29 is 19.8 Å². The lowest BCUT2D eigenvalue weighted by Gasteiger charge is -2.24. The number of carbonyl (C=O) groups is 2. The van der Waals surface area contributed by atoms with E-state index in [2.05, 4.69) is 5.32 Å². The minimum Gasteiger partial charge on any atom is -0.480 e. The number of hydrogen-bond acceptors (Lipinski definition) is 3. The first kappa shape index (κ1) is 16.0. The zero-order chi connectivity index (χ0) is 15.0. The van der Waals surface area contributed by atoms with E-state index in [1.807, 2.05) is 30.3 Å². The van der Waals surface area contributed by atoms with E-state index in [0.29, 0.717) is 13.0 Å². The van der Waals surface area contributed by atoms with Crippen molar-refractivity contribution in [3.63, 3.8) is 0 Å². The summed E-state index contributed by atoms with van der Waals surface area (Å²) in [5.74, 6) is -1.07. The molecule has 110 valence electrons. The highest BCUT2D eigenvalue weighted by atomic mass is 16.4. The number of nitrogens with zero attached hydrogens (tertiary/aromatic N) is 1. The van der Waals surface area contributed by atoms with Gasteiger partial charge in [0.1, 0.15) is 6.04 Å². The molecule has 0 saturated heterocycles. The summed E-state index contributed by atoms with van der Waals surface area (Å²) in [5.41, 5.74) is 0.916. The lowest BCUT2D eigenvalue weighted by molar-refractivity contribution is -0.139. The van der Waals surface area contributed by atoms with Gasteiger partial charge >= 0.3 is 12.0 Å². The molecule has 1 rings (SSSR count). The van der Waals surface area contributed by atoms with Crippen molar-refractivity contribution in [1.82, 2.24) is 10.2 Å². The molecular formula is C14H20N2O4. The smallest absolute Gasteiger partial charge is 0.326 e. The Kier molecular flexibility index (Phi) is 6.52. The van der Waals surface area contributed by atoms with Crippen molar-refractivity contribution in [2.75, 3.05) is 13.2 Å². The number of nitrogens with one attached hydrogen (secondary N) is 1. The molecule has 1 unspecified atom stereocenters. The van der Waals surface area contributed by atoms with Gasteiger partial charge in [-0.15, -0.1) is 0 Å². The number of benzene rings is 1. The summed E-state index contributed by atoms with van der Waals surface area (Å²) in [6.45, 7) is 1.98. The summed E-state index contributed by atoms with van der Waals surface area (Å²) in [5, 5.41) is 20.4. The molecule has 0 heterocycles. The molecule has 0 radical (unpaired) electrons. The van der Waals surface area contributed by atoms with Gasteiger partial charge in [0.05, 0.1) is 6.61 Å². The van der Waals surface area contributed by atoms with Crippen molar-refractivity contribution in [2.45, 2.75) is 25.9 Å². The zero-order valence-corrected chi connectivity index (χ0v) is 11.5. The molecule has 1 atom stereocenters. The maximum absolute atomic E-state index is 12.1. The maximum Gasteiger partial charge on any atom is 0.326 e. The van der Waals surface area contributed by atoms with E-state index in [1.165, 1.54) is 4.90 Å². The van der Waals surface area contributed by atoms with Crippen molar-refractivity contribution >= 4 is 12.0 Å². The average Bonchev–Trinajstić information content (AvgIpc) is 2.44. The number of aliphatic hydroxyl groups is 1. The molecular weight excluding hydrogens is 260 g/mol. The highest BCUT2D eigenvalue weighted by Gasteiger charge is 2.21. The van der Waals surface area contributed by atoms with Crippen molar-refractivity contribution in [3.05, 3.63) is 35.9 Å². The second kappa shape index (κ2) is 8.16. The van der Waals surface area contributed by atoms with Gasteiger partial charge in [0.2, 0.25) is 0 Å². The van der Waals surface area contributed by atoms with Crippen molar-refractivity contribution in [3.8, 4) is 0 Å². The third kappa shape index (κ3) is 4.89. The van der Waals surface area contributed by atoms with Crippen LogP contribution in [0, 0.1) is 0 Å². The van der Waals surface area contributed by atoms with Crippen LogP contribution < -0.4 is 5.32 Å². The van der Waals surface area contributed by atoms with Gasteiger partial charge in [-0.1, -0.05) is 37.3 Å². The lowest BCUT2D eigenvalue weighted by Crippen LogP contribution is -2.48. The molecule has 0 fully saturated rings. The largest absolute Gasteiger partial charge is 0.480 e. The topological polar surface area (TPSA) is 89.9 Å². The minimum absolute atomic E-state index is 0.150. The molecule has 0 aliphatic carbocycles. The monoisotopic (exact) mass is 280 g/mol. The quantitative estimate of drug-likeness (QED) is 0.696. The SMILES string of the molecule is CCC(NC(=O)N(CCO)Cc1ccccc1)C(=O)O. The number of carbonyl (C=O) groups excluding carboxylic acids is 1. The Morgan fingerprint density at radius 1 is 1.30 bits per heavy atom. The van der Waals surface area contributed by atoms with E-state index in [0.717, 1.165) is 5.56 Å². The van der Waals surface area contributed by atoms with Gasteiger partial charge in [0, 0.05) is 13.1 Å². The molecule has 1 aromatic carbocycles. The molecule has 0 bridgehead atoms. The van der Waals surface area contributed by atoms with Gasteiger partial charge in [-0.3, -0.25) is 0 Å². The first-order valence-electron chi connectivity index (χ1n) is 6.51. The highest BCUT2D eigenvalue weighted by molar-refractivity contribution is 5.82. The molecule has 0 saturated carbocycles. The van der Waals surface area contributed by atoms with Crippen LogP contribution in [0.4, 0.5) is 4.79 Å². The number of hydrogen-bond donors (Lipinski definition) is 3. The fourth-order valence-corrected chi connectivity index (χ4v) is 1.76. The second-order valence-electron chi connectivity index (χ2n) is 4.38. The number of aliphatic carboxylic acids is 1. The van der Waals surface area contributed by atoms with E-state index in [4.69, 9.17) is 10.2 Å². The Balaban J connectivity index is 2.69. The number of carboxylic acid groups (broad SMARTS) is 1. The van der Waals surface area contributed by atoms with E-state index in [-0.39, 0.29) is 13.2 Å². The Morgan fingerprint density at radius 3 is 2.45 bits per heavy atom. The van der Waals surface area contributed by atoms with Crippen LogP contribution in [-0.4, -0.2) is 46.3 Å². The van der Waals surface area contributed by atoms with E-state index in [1.54, 1.807) is 6.92 Å². The number of rotatable bonds is 7. The molecule has 0 aliphatic rings. The van der Waals surface area contributed by atoms with Gasteiger partial charge in [-0.2, -0.15) is 0 Å². The Morgan fingerprint density at radius 2 is 1.95 bits per heavy atom. The summed E-state index contributed by atoms with van der Waals surface area (Å²) >= 11 is 0. The van der Waals surface area contributed by atoms with Crippen LogP contribution in [-0.2, 0) is 11.3 Å². The highest BCUT2D eigenvalue weighted by Crippen LogP contribution is 2.05. The molecule has 0 spiro atoms. The van der Waals surface area contributed by atoms with Crippen molar-refractivity contribution in [1.29, 1.82) is 0 Å². The molecule has 2 amide bonds. The molecule has 0 aliphatic heterocycles. The number of aliphatic hydroxyl groups excluding tert-OH is 1. The Labute approximate surface area is 118 Å². The third-order valence-electron chi connectivity index (χ3n) is 2.88. The predicted molar refractivity (Wildman–Crippen MR) is 74.2 cm³/mol. The summed E-state index contributed by atoms with van der Waals surface area (Å²) < 4.78 is 0.